The number of carboxylic acid groups (broad SMARTS) is 1. The molecule has 0 saturated carbocycles. The van der Waals surface area contributed by atoms with E-state index in [-0.39, 0.29) is 18.4 Å². The van der Waals surface area contributed by atoms with Crippen LogP contribution in [0.4, 0.5) is 0 Å². The molecule has 14 heavy (non-hydrogen) atoms. The first-order valence-electron chi connectivity index (χ1n) is 5.08. The zero-order chi connectivity index (χ0) is 11.1. The van der Waals surface area contributed by atoms with E-state index in [1.54, 1.807) is 0 Å². The van der Waals surface area contributed by atoms with Gasteiger partial charge in [0.15, 0.2) is 0 Å². The highest BCUT2D eigenvalue weighted by Crippen LogP contribution is 2.22. The lowest BCUT2D eigenvalue weighted by Crippen LogP contribution is -2.35. The van der Waals surface area contributed by atoms with Gasteiger partial charge in [-0.05, 0) is 18.1 Å². The molecule has 3 N–H and O–H groups in total. The van der Waals surface area contributed by atoms with Crippen LogP contribution >= 0.6 is 11.8 Å². The van der Waals surface area contributed by atoms with E-state index in [2.05, 4.69) is 13.8 Å². The Labute approximate surface area is 90.4 Å². The highest BCUT2D eigenvalue weighted by molar-refractivity contribution is 7.99. The summed E-state index contributed by atoms with van der Waals surface area (Å²) in [5.74, 6) is 0.561. The third-order valence-corrected chi connectivity index (χ3v) is 4.01. The number of carbonyl (C=O) groups is 1. The van der Waals surface area contributed by atoms with E-state index in [9.17, 15) is 4.79 Å². The minimum absolute atomic E-state index is 0.0677. The smallest absolute Gasteiger partial charge is 0.304 e. The lowest BCUT2D eigenvalue weighted by atomic mass is 9.97. The van der Waals surface area contributed by atoms with Crippen LogP contribution < -0.4 is 5.73 Å². The Bertz CT molecular complexity index is 176. The molecule has 0 heterocycles. The topological polar surface area (TPSA) is 63.3 Å². The van der Waals surface area contributed by atoms with Crippen LogP contribution in [-0.4, -0.2) is 28.1 Å². The number of aliphatic carboxylic acids is 1. The number of nitrogens with two attached hydrogens (primary N) is 1. The highest BCUT2D eigenvalue weighted by Gasteiger charge is 2.21. The van der Waals surface area contributed by atoms with Crippen LogP contribution in [0.25, 0.3) is 0 Å². The number of carboxylic acids is 1. The molecule has 0 aromatic heterocycles. The van der Waals surface area contributed by atoms with Gasteiger partial charge >= 0.3 is 5.97 Å². The van der Waals surface area contributed by atoms with E-state index in [0.29, 0.717) is 5.25 Å². The summed E-state index contributed by atoms with van der Waals surface area (Å²) in [4.78, 5) is 10.5. The summed E-state index contributed by atoms with van der Waals surface area (Å²) in [6, 6.07) is -0.230. The van der Waals surface area contributed by atoms with Gasteiger partial charge in [0.1, 0.15) is 0 Å². The molecule has 0 spiro atoms. The fourth-order valence-corrected chi connectivity index (χ4v) is 2.30. The van der Waals surface area contributed by atoms with Gasteiger partial charge in [-0.1, -0.05) is 20.8 Å². The molecular formula is C10H21NO2S. The maximum Gasteiger partial charge on any atom is 0.304 e. The van der Waals surface area contributed by atoms with Gasteiger partial charge in [0.25, 0.3) is 0 Å². The Morgan fingerprint density at radius 2 is 2.07 bits per heavy atom. The van der Waals surface area contributed by atoms with Crippen LogP contribution in [0, 0.1) is 5.92 Å². The van der Waals surface area contributed by atoms with Gasteiger partial charge in [-0.15, -0.1) is 0 Å². The molecule has 0 saturated heterocycles. The fourth-order valence-electron chi connectivity index (χ4n) is 1.19. The first-order valence-corrected chi connectivity index (χ1v) is 6.12. The van der Waals surface area contributed by atoms with Crippen LogP contribution in [0.2, 0.25) is 0 Å². The molecule has 0 aromatic rings. The van der Waals surface area contributed by atoms with E-state index in [4.69, 9.17) is 10.8 Å². The summed E-state index contributed by atoms with van der Waals surface area (Å²) in [5.41, 5.74) is 5.80. The van der Waals surface area contributed by atoms with E-state index in [1.807, 2.05) is 18.7 Å². The molecule has 0 aliphatic rings. The number of thioether (sulfide) groups is 1. The van der Waals surface area contributed by atoms with Crippen LogP contribution in [0.3, 0.4) is 0 Å². The lowest BCUT2D eigenvalue weighted by molar-refractivity contribution is -0.137. The summed E-state index contributed by atoms with van der Waals surface area (Å²) in [5, 5.41) is 9.04. The monoisotopic (exact) mass is 219 g/mol. The van der Waals surface area contributed by atoms with Crippen molar-refractivity contribution in [2.75, 3.05) is 5.75 Å². The summed E-state index contributed by atoms with van der Waals surface area (Å²) in [6.07, 6.45) is 1.22. The molecule has 0 rings (SSSR count). The standard InChI is InChI=1S/C10H21NO2S/c1-4-5-14-8(3)7(2)9(11)6-10(12)13/h7-9H,4-6,11H2,1-3H3,(H,12,13)/t7-,8+,9-/m1/s1. The zero-order valence-electron chi connectivity index (χ0n) is 9.19. The van der Waals surface area contributed by atoms with E-state index in [0.717, 1.165) is 12.2 Å². The molecule has 0 aromatic carbocycles. The number of hydrogen-bond acceptors (Lipinski definition) is 3. The third-order valence-electron chi connectivity index (χ3n) is 2.41. The Hall–Kier alpha value is -0.220. The van der Waals surface area contributed by atoms with Gasteiger partial charge in [-0.3, -0.25) is 4.79 Å². The van der Waals surface area contributed by atoms with Crippen molar-refractivity contribution in [3.63, 3.8) is 0 Å². The molecule has 84 valence electrons. The van der Waals surface area contributed by atoms with Crippen molar-refractivity contribution in [1.82, 2.24) is 0 Å². The average molecular weight is 219 g/mol. The second kappa shape index (κ2) is 7.12. The van der Waals surface area contributed by atoms with Crippen LogP contribution in [0.5, 0.6) is 0 Å². The largest absolute Gasteiger partial charge is 0.481 e. The molecule has 0 radical (unpaired) electrons. The normalized spacial score (nSPS) is 17.4. The fraction of sp³-hybridized carbons (Fsp3) is 0.900. The van der Waals surface area contributed by atoms with Crippen LogP contribution in [0.15, 0.2) is 0 Å². The van der Waals surface area contributed by atoms with Crippen molar-refractivity contribution in [1.29, 1.82) is 0 Å². The molecular weight excluding hydrogens is 198 g/mol. The van der Waals surface area contributed by atoms with Gasteiger partial charge in [0.05, 0.1) is 6.42 Å². The minimum Gasteiger partial charge on any atom is -0.481 e. The first kappa shape index (κ1) is 13.8. The Kier molecular flexibility index (Phi) is 7.01. The van der Waals surface area contributed by atoms with Crippen LogP contribution in [0.1, 0.15) is 33.6 Å². The van der Waals surface area contributed by atoms with Crippen molar-refractivity contribution in [3.05, 3.63) is 0 Å². The minimum atomic E-state index is -0.808. The molecule has 3 nitrogen and oxygen atoms in total. The van der Waals surface area contributed by atoms with E-state index >= 15 is 0 Å². The quantitative estimate of drug-likeness (QED) is 0.687. The Morgan fingerprint density at radius 1 is 1.50 bits per heavy atom. The molecule has 3 atom stereocenters. The van der Waals surface area contributed by atoms with Crippen molar-refractivity contribution in [2.45, 2.75) is 44.9 Å². The van der Waals surface area contributed by atoms with Gasteiger partial charge in [-0.25, -0.2) is 0 Å². The van der Waals surface area contributed by atoms with Gasteiger partial charge in [-0.2, -0.15) is 11.8 Å². The molecule has 0 aliphatic carbocycles. The molecule has 0 bridgehead atoms. The van der Waals surface area contributed by atoms with Gasteiger partial charge in [0, 0.05) is 11.3 Å². The summed E-state index contributed by atoms with van der Waals surface area (Å²) in [7, 11) is 0. The zero-order valence-corrected chi connectivity index (χ0v) is 10.0. The lowest BCUT2D eigenvalue weighted by Gasteiger charge is -2.24. The Balaban J connectivity index is 3.89. The van der Waals surface area contributed by atoms with Crippen molar-refractivity contribution in [3.8, 4) is 0 Å². The summed E-state index contributed by atoms with van der Waals surface area (Å²) >= 11 is 1.87. The maximum atomic E-state index is 10.5. The predicted molar refractivity (Wildman–Crippen MR) is 61.6 cm³/mol. The second-order valence-electron chi connectivity index (χ2n) is 3.70. The van der Waals surface area contributed by atoms with Crippen molar-refractivity contribution in [2.24, 2.45) is 11.7 Å². The highest BCUT2D eigenvalue weighted by atomic mass is 32.2. The molecule has 4 heteroatoms. The van der Waals surface area contributed by atoms with Crippen molar-refractivity contribution >= 4 is 17.7 Å². The second-order valence-corrected chi connectivity index (χ2v) is 5.18. The van der Waals surface area contributed by atoms with Gasteiger partial charge in [0.2, 0.25) is 0 Å². The first-order chi connectivity index (χ1) is 6.49. The van der Waals surface area contributed by atoms with Gasteiger partial charge < -0.3 is 10.8 Å². The Morgan fingerprint density at radius 3 is 2.50 bits per heavy atom. The number of hydrogen-bond donors (Lipinski definition) is 2. The van der Waals surface area contributed by atoms with E-state index < -0.39 is 5.97 Å². The molecule has 0 aliphatic heterocycles. The third kappa shape index (κ3) is 5.50. The molecule has 0 amide bonds. The van der Waals surface area contributed by atoms with Crippen molar-refractivity contribution < 1.29 is 9.90 Å². The van der Waals surface area contributed by atoms with E-state index in [1.165, 1.54) is 0 Å². The molecule has 0 unspecified atom stereocenters. The number of rotatable bonds is 7. The van der Waals surface area contributed by atoms with Crippen LogP contribution in [-0.2, 0) is 4.79 Å². The summed E-state index contributed by atoms with van der Waals surface area (Å²) < 4.78 is 0. The SMILES string of the molecule is CCCS[C@@H](C)[C@@H](C)[C@H](N)CC(=O)O. The summed E-state index contributed by atoms with van der Waals surface area (Å²) in [6.45, 7) is 6.29. The average Bonchev–Trinajstić information content (AvgIpc) is 2.11. The molecule has 0 fully saturated rings. The predicted octanol–water partition coefficient (Wildman–Crippen LogP) is 1.96. The maximum absolute atomic E-state index is 10.5.